The maximum absolute atomic E-state index is 12.5. The highest BCUT2D eigenvalue weighted by Crippen LogP contribution is 2.15. The fraction of sp³-hybridized carbons (Fsp3) is 0.864. The average molecular weight is 692 g/mol. The van der Waals surface area contributed by atoms with Crippen molar-refractivity contribution in [2.45, 2.75) is 233 Å². The van der Waals surface area contributed by atoms with Crippen LogP contribution in [0.1, 0.15) is 221 Å². The number of esters is 2. The quantitative estimate of drug-likeness (QED) is 0.0291. The molecule has 0 fully saturated rings. The molecule has 0 heterocycles. The monoisotopic (exact) mass is 692 g/mol. The number of ether oxygens (including phenoxy) is 2. The van der Waals surface area contributed by atoms with Crippen molar-refractivity contribution in [2.75, 3.05) is 14.1 Å². The molecule has 0 aliphatic rings. The summed E-state index contributed by atoms with van der Waals surface area (Å²) in [5, 5.41) is 0. The van der Waals surface area contributed by atoms with Crippen molar-refractivity contribution in [3.63, 3.8) is 0 Å². The molecule has 0 saturated carbocycles. The predicted octanol–water partition coefficient (Wildman–Crippen LogP) is 13.8. The van der Waals surface area contributed by atoms with Gasteiger partial charge in [-0.1, -0.05) is 161 Å². The number of likely N-dealkylation sites (N-methyl/N-ethyl adjacent to an activating group) is 1. The van der Waals surface area contributed by atoms with Gasteiger partial charge in [0, 0.05) is 12.8 Å². The Kier molecular flexibility index (Phi) is 41.2. The van der Waals surface area contributed by atoms with Crippen LogP contribution in [0.4, 0.5) is 0 Å². The molecular formula is C44H85NO4. The topological polar surface area (TPSA) is 55.8 Å². The van der Waals surface area contributed by atoms with Crippen molar-refractivity contribution in [2.24, 2.45) is 0 Å². The lowest BCUT2D eigenvalue weighted by Gasteiger charge is -2.29. The van der Waals surface area contributed by atoms with E-state index in [1.54, 1.807) is 0 Å². The number of carbonyl (C=O) groups excluding carboxylic acids is 2. The average Bonchev–Trinajstić information content (AvgIpc) is 3.07. The van der Waals surface area contributed by atoms with Crippen LogP contribution in [-0.4, -0.2) is 43.3 Å². The van der Waals surface area contributed by atoms with Crippen LogP contribution in [-0.2, 0) is 19.1 Å². The van der Waals surface area contributed by atoms with Gasteiger partial charge in [-0.25, -0.2) is 0 Å². The summed E-state index contributed by atoms with van der Waals surface area (Å²) < 4.78 is 11.4. The van der Waals surface area contributed by atoms with Crippen molar-refractivity contribution in [1.29, 1.82) is 0 Å². The number of nitrogens with zero attached hydrogens (tertiary/aromatic N) is 1. The molecule has 0 bridgehead atoms. The van der Waals surface area contributed by atoms with Crippen LogP contribution in [0, 0.1) is 0 Å². The van der Waals surface area contributed by atoms with E-state index in [0.717, 1.165) is 51.4 Å². The Morgan fingerprint density at radius 1 is 0.469 bits per heavy atom. The van der Waals surface area contributed by atoms with Gasteiger partial charge in [0.15, 0.2) is 6.23 Å². The number of carbonyl (C=O) groups is 2. The summed E-state index contributed by atoms with van der Waals surface area (Å²) in [5.74, 6) is -0.415. The molecule has 2 unspecified atom stereocenters. The number of allylic oxidation sites excluding steroid dienone is 4. The van der Waals surface area contributed by atoms with Gasteiger partial charge in [-0.3, -0.25) is 14.5 Å². The van der Waals surface area contributed by atoms with E-state index < -0.39 is 12.3 Å². The Morgan fingerprint density at radius 2 is 0.755 bits per heavy atom. The van der Waals surface area contributed by atoms with Gasteiger partial charge in [-0.05, 0) is 85.2 Å². The van der Waals surface area contributed by atoms with Gasteiger partial charge < -0.3 is 9.47 Å². The molecular weight excluding hydrogens is 606 g/mol. The minimum absolute atomic E-state index is 0.203. The third kappa shape index (κ3) is 39.0. The molecule has 5 heteroatoms. The van der Waals surface area contributed by atoms with Gasteiger partial charge in [0.05, 0.1) is 0 Å². The molecule has 0 aliphatic heterocycles. The van der Waals surface area contributed by atoms with E-state index in [1.807, 2.05) is 25.9 Å². The zero-order valence-electron chi connectivity index (χ0n) is 34.1. The third-order valence-corrected chi connectivity index (χ3v) is 8.77. The van der Waals surface area contributed by atoms with Crippen LogP contribution in [0.5, 0.6) is 0 Å². The van der Waals surface area contributed by atoms with E-state index in [9.17, 15) is 9.59 Å². The lowest BCUT2D eigenvalue weighted by molar-refractivity contribution is -0.179. The van der Waals surface area contributed by atoms with E-state index in [4.69, 9.17) is 9.47 Å². The second-order valence-corrected chi connectivity index (χ2v) is 14.4. The fourth-order valence-electron chi connectivity index (χ4n) is 5.82. The summed E-state index contributed by atoms with van der Waals surface area (Å²) in [7, 11) is 3.71. The first kappa shape index (κ1) is 49.5. The number of hydrogen-bond acceptors (Lipinski definition) is 5. The highest BCUT2D eigenvalue weighted by Gasteiger charge is 2.26. The van der Waals surface area contributed by atoms with Crippen molar-refractivity contribution >= 4 is 11.9 Å². The largest absolute Gasteiger partial charge is 0.457 e. The van der Waals surface area contributed by atoms with Gasteiger partial charge in [-0.2, -0.15) is 0 Å². The van der Waals surface area contributed by atoms with Gasteiger partial charge >= 0.3 is 11.9 Å². The molecule has 5 nitrogen and oxygen atoms in total. The van der Waals surface area contributed by atoms with E-state index in [-0.39, 0.29) is 11.9 Å². The molecule has 0 aliphatic carbocycles. The van der Waals surface area contributed by atoms with Crippen LogP contribution in [0.3, 0.4) is 0 Å². The van der Waals surface area contributed by atoms with Crippen molar-refractivity contribution in [3.8, 4) is 0 Å². The SMILES string of the molecule is CCC.CCCCCCCC/C=C\CCCCCCCC(=O)OC(C)C(OC(=O)CCCCCCC/C=C\CCCCCCCC)N(C)C. The van der Waals surface area contributed by atoms with Gasteiger partial charge in [0.1, 0.15) is 6.10 Å². The van der Waals surface area contributed by atoms with Gasteiger partial charge in [-0.15, -0.1) is 0 Å². The standard InChI is InChI=1S/C41H77NO4.C3H8/c1-6-8-10-12-14-16-18-20-22-24-26-28-30-32-34-36-39(43)45-38(3)41(42(4)5)46-40(44)37-35-33-31-29-27-25-23-21-19-17-15-13-11-9-7-2;1-3-2/h20-23,38,41H,6-19,24-37H2,1-5H3;3H2,1-2H3/b22-20-,23-21-;. The smallest absolute Gasteiger partial charge is 0.307 e. The van der Waals surface area contributed by atoms with Crippen LogP contribution in [0.2, 0.25) is 0 Å². The lowest BCUT2D eigenvalue weighted by Crippen LogP contribution is -2.43. The molecule has 0 aromatic heterocycles. The molecule has 0 rings (SSSR count). The molecule has 0 aromatic rings. The van der Waals surface area contributed by atoms with Crippen molar-refractivity contribution in [1.82, 2.24) is 4.90 Å². The first-order valence-corrected chi connectivity index (χ1v) is 21.2. The Morgan fingerprint density at radius 3 is 1.08 bits per heavy atom. The molecule has 0 amide bonds. The fourth-order valence-corrected chi connectivity index (χ4v) is 5.82. The molecule has 2 atom stereocenters. The zero-order valence-corrected chi connectivity index (χ0v) is 34.1. The summed E-state index contributed by atoms with van der Waals surface area (Å²) >= 11 is 0. The Balaban J connectivity index is 0. The zero-order chi connectivity index (χ0) is 36.6. The Bertz CT molecular complexity index is 747. The number of rotatable bonds is 34. The first-order chi connectivity index (χ1) is 23.8. The summed E-state index contributed by atoms with van der Waals surface area (Å²) in [6.07, 6.45) is 42.5. The van der Waals surface area contributed by atoms with E-state index in [2.05, 4.69) is 52.0 Å². The summed E-state index contributed by atoms with van der Waals surface area (Å²) in [6, 6.07) is 0. The molecule has 0 spiro atoms. The van der Waals surface area contributed by atoms with Gasteiger partial charge in [0.25, 0.3) is 0 Å². The molecule has 0 N–H and O–H groups in total. The van der Waals surface area contributed by atoms with Crippen LogP contribution in [0.25, 0.3) is 0 Å². The third-order valence-electron chi connectivity index (χ3n) is 8.77. The van der Waals surface area contributed by atoms with Crippen molar-refractivity contribution in [3.05, 3.63) is 24.3 Å². The molecule has 0 saturated heterocycles. The minimum Gasteiger partial charge on any atom is -0.457 e. The van der Waals surface area contributed by atoms with E-state index >= 15 is 0 Å². The van der Waals surface area contributed by atoms with E-state index in [1.165, 1.54) is 122 Å². The molecule has 0 radical (unpaired) electrons. The summed E-state index contributed by atoms with van der Waals surface area (Å²) in [4.78, 5) is 26.8. The van der Waals surface area contributed by atoms with Crippen LogP contribution < -0.4 is 0 Å². The highest BCUT2D eigenvalue weighted by atomic mass is 16.6. The van der Waals surface area contributed by atoms with Crippen LogP contribution >= 0.6 is 0 Å². The Hall–Kier alpha value is -1.62. The highest BCUT2D eigenvalue weighted by molar-refractivity contribution is 5.70. The Labute approximate surface area is 306 Å². The first-order valence-electron chi connectivity index (χ1n) is 21.2. The summed E-state index contributed by atoms with van der Waals surface area (Å²) in [6.45, 7) is 10.6. The number of unbranched alkanes of at least 4 members (excludes halogenated alkanes) is 22. The minimum atomic E-state index is -0.561. The molecule has 0 aromatic carbocycles. The second-order valence-electron chi connectivity index (χ2n) is 14.4. The molecule has 290 valence electrons. The van der Waals surface area contributed by atoms with Crippen LogP contribution in [0.15, 0.2) is 24.3 Å². The summed E-state index contributed by atoms with van der Waals surface area (Å²) in [5.41, 5.74) is 0. The number of hydrogen-bond donors (Lipinski definition) is 0. The normalized spacial score (nSPS) is 12.7. The van der Waals surface area contributed by atoms with Crippen molar-refractivity contribution < 1.29 is 19.1 Å². The predicted molar refractivity (Wildman–Crippen MR) is 214 cm³/mol. The molecule has 49 heavy (non-hydrogen) atoms. The van der Waals surface area contributed by atoms with Gasteiger partial charge in [0.2, 0.25) is 0 Å². The van der Waals surface area contributed by atoms with E-state index in [0.29, 0.717) is 12.8 Å². The lowest BCUT2D eigenvalue weighted by atomic mass is 10.1. The maximum Gasteiger partial charge on any atom is 0.307 e. The second kappa shape index (κ2) is 40.8. The maximum atomic E-state index is 12.5.